The Morgan fingerprint density at radius 1 is 1.37 bits per heavy atom. The first-order chi connectivity index (χ1) is 13.0. The van der Waals surface area contributed by atoms with Gasteiger partial charge in [0.2, 0.25) is 11.8 Å². The number of aromatic nitrogens is 2. The lowest BCUT2D eigenvalue weighted by Crippen LogP contribution is -2.46. The number of aryl methyl sites for hydroxylation is 2. The summed E-state index contributed by atoms with van der Waals surface area (Å²) in [5, 5.41) is 7.36. The summed E-state index contributed by atoms with van der Waals surface area (Å²) in [4.78, 5) is 31.1. The van der Waals surface area contributed by atoms with Crippen molar-refractivity contribution in [1.82, 2.24) is 20.4 Å². The molecule has 0 aliphatic carbocycles. The SMILES string of the molecule is Cc1noc(CCCNC(=O)C2CCCN2C(=O)c2cc(Cl)ccc2Cl)n1. The molecule has 27 heavy (non-hydrogen) atoms. The zero-order chi connectivity index (χ0) is 19.4. The molecule has 3 rings (SSSR count). The minimum atomic E-state index is -0.502. The Morgan fingerprint density at radius 3 is 2.93 bits per heavy atom. The van der Waals surface area contributed by atoms with Gasteiger partial charge in [-0.2, -0.15) is 4.98 Å². The fourth-order valence-corrected chi connectivity index (χ4v) is 3.48. The molecule has 0 saturated carbocycles. The summed E-state index contributed by atoms with van der Waals surface area (Å²) in [6.07, 6.45) is 2.66. The van der Waals surface area contributed by atoms with Gasteiger partial charge in [-0.05, 0) is 44.4 Å². The van der Waals surface area contributed by atoms with Gasteiger partial charge < -0.3 is 14.7 Å². The minimum absolute atomic E-state index is 0.166. The van der Waals surface area contributed by atoms with E-state index in [-0.39, 0.29) is 11.8 Å². The second kappa shape index (κ2) is 8.71. The summed E-state index contributed by atoms with van der Waals surface area (Å²) in [5.74, 6) is 0.700. The number of nitrogens with zero attached hydrogens (tertiary/aromatic N) is 3. The highest BCUT2D eigenvalue weighted by Crippen LogP contribution is 2.26. The van der Waals surface area contributed by atoms with Gasteiger partial charge >= 0.3 is 0 Å². The molecule has 144 valence electrons. The van der Waals surface area contributed by atoms with Crippen LogP contribution in [-0.2, 0) is 11.2 Å². The molecule has 1 unspecified atom stereocenters. The van der Waals surface area contributed by atoms with Crippen LogP contribution >= 0.6 is 23.2 Å². The molecule has 1 aromatic heterocycles. The van der Waals surface area contributed by atoms with Crippen LogP contribution in [0.1, 0.15) is 41.3 Å². The van der Waals surface area contributed by atoms with Gasteiger partial charge in [0.05, 0.1) is 10.6 Å². The molecule has 1 N–H and O–H groups in total. The predicted molar refractivity (Wildman–Crippen MR) is 101 cm³/mol. The molecule has 0 radical (unpaired) electrons. The maximum atomic E-state index is 12.8. The van der Waals surface area contributed by atoms with E-state index in [0.717, 1.165) is 6.42 Å². The van der Waals surface area contributed by atoms with E-state index in [9.17, 15) is 9.59 Å². The molecule has 0 bridgehead atoms. The molecular weight excluding hydrogens is 391 g/mol. The van der Waals surface area contributed by atoms with Gasteiger partial charge in [0.25, 0.3) is 5.91 Å². The second-order valence-electron chi connectivity index (χ2n) is 6.41. The Hall–Kier alpha value is -2.12. The molecule has 9 heteroatoms. The lowest BCUT2D eigenvalue weighted by molar-refractivity contribution is -0.124. The Balaban J connectivity index is 1.56. The Kier molecular flexibility index (Phi) is 6.34. The normalized spacial score (nSPS) is 16.6. The number of carbonyl (C=O) groups excluding carboxylic acids is 2. The highest BCUT2D eigenvalue weighted by Gasteiger charge is 2.35. The third-order valence-corrected chi connectivity index (χ3v) is 4.98. The van der Waals surface area contributed by atoms with Crippen LogP contribution in [0.15, 0.2) is 22.7 Å². The fourth-order valence-electron chi connectivity index (χ4n) is 3.11. The van der Waals surface area contributed by atoms with Crippen molar-refractivity contribution in [3.8, 4) is 0 Å². The first-order valence-corrected chi connectivity index (χ1v) is 9.54. The minimum Gasteiger partial charge on any atom is -0.354 e. The topological polar surface area (TPSA) is 88.3 Å². The molecule has 7 nitrogen and oxygen atoms in total. The zero-order valence-corrected chi connectivity index (χ0v) is 16.4. The monoisotopic (exact) mass is 410 g/mol. The Bertz CT molecular complexity index is 840. The molecule has 1 aliphatic heterocycles. The van der Waals surface area contributed by atoms with Crippen molar-refractivity contribution < 1.29 is 14.1 Å². The van der Waals surface area contributed by atoms with Crippen LogP contribution < -0.4 is 5.32 Å². The average molecular weight is 411 g/mol. The molecule has 1 aromatic carbocycles. The van der Waals surface area contributed by atoms with Crippen molar-refractivity contribution in [2.45, 2.75) is 38.6 Å². The number of carbonyl (C=O) groups is 2. The summed E-state index contributed by atoms with van der Waals surface area (Å²) < 4.78 is 5.04. The largest absolute Gasteiger partial charge is 0.354 e. The number of likely N-dealkylation sites (tertiary alicyclic amines) is 1. The second-order valence-corrected chi connectivity index (χ2v) is 7.25. The third kappa shape index (κ3) is 4.78. The van der Waals surface area contributed by atoms with Crippen molar-refractivity contribution >= 4 is 35.0 Å². The van der Waals surface area contributed by atoms with E-state index in [1.807, 2.05) is 0 Å². The van der Waals surface area contributed by atoms with E-state index in [1.54, 1.807) is 24.0 Å². The number of hydrogen-bond acceptors (Lipinski definition) is 5. The van der Waals surface area contributed by atoms with E-state index >= 15 is 0 Å². The van der Waals surface area contributed by atoms with Gasteiger partial charge in [-0.3, -0.25) is 9.59 Å². The number of rotatable bonds is 6. The van der Waals surface area contributed by atoms with Gasteiger partial charge in [0.15, 0.2) is 5.82 Å². The van der Waals surface area contributed by atoms with E-state index in [1.165, 1.54) is 6.07 Å². The summed E-state index contributed by atoms with van der Waals surface area (Å²) in [7, 11) is 0. The third-order valence-electron chi connectivity index (χ3n) is 4.41. The molecule has 1 fully saturated rings. The first kappa shape index (κ1) is 19.6. The van der Waals surface area contributed by atoms with Gasteiger partial charge in [0.1, 0.15) is 6.04 Å². The van der Waals surface area contributed by atoms with Gasteiger partial charge in [-0.1, -0.05) is 28.4 Å². The van der Waals surface area contributed by atoms with Crippen molar-refractivity contribution in [3.05, 3.63) is 45.5 Å². The Morgan fingerprint density at radius 2 is 2.19 bits per heavy atom. The number of nitrogens with one attached hydrogen (secondary N) is 1. The summed E-state index contributed by atoms with van der Waals surface area (Å²) in [6, 6.07) is 4.24. The highest BCUT2D eigenvalue weighted by atomic mass is 35.5. The van der Waals surface area contributed by atoms with E-state index in [0.29, 0.717) is 59.7 Å². The molecular formula is C18H20Cl2N4O3. The molecule has 2 amide bonds. The molecule has 1 aliphatic rings. The van der Waals surface area contributed by atoms with Crippen LogP contribution in [0.2, 0.25) is 10.0 Å². The number of amides is 2. The summed E-state index contributed by atoms with van der Waals surface area (Å²) in [5.41, 5.74) is 0.315. The molecule has 2 heterocycles. The average Bonchev–Trinajstić information content (AvgIpc) is 3.29. The number of halogens is 2. The Labute approximate surface area is 167 Å². The first-order valence-electron chi connectivity index (χ1n) is 8.78. The standard InChI is InChI=1S/C18H20Cl2N4O3/c1-11-22-16(27-23-11)5-2-8-21-17(25)15-4-3-9-24(15)18(26)13-10-12(19)6-7-14(13)20/h6-7,10,15H,2-5,8-9H2,1H3,(H,21,25). The summed E-state index contributed by atoms with van der Waals surface area (Å²) in [6.45, 7) is 2.74. The van der Waals surface area contributed by atoms with Crippen molar-refractivity contribution in [1.29, 1.82) is 0 Å². The molecule has 1 saturated heterocycles. The van der Waals surface area contributed by atoms with E-state index in [4.69, 9.17) is 27.7 Å². The van der Waals surface area contributed by atoms with Crippen molar-refractivity contribution in [2.75, 3.05) is 13.1 Å². The maximum absolute atomic E-state index is 12.8. The number of hydrogen-bond donors (Lipinski definition) is 1. The van der Waals surface area contributed by atoms with Crippen LogP contribution in [0.4, 0.5) is 0 Å². The smallest absolute Gasteiger partial charge is 0.256 e. The van der Waals surface area contributed by atoms with E-state index in [2.05, 4.69) is 15.5 Å². The molecule has 1 atom stereocenters. The quantitative estimate of drug-likeness (QED) is 0.739. The van der Waals surface area contributed by atoms with Crippen LogP contribution in [0.25, 0.3) is 0 Å². The van der Waals surface area contributed by atoms with Crippen LogP contribution in [0.5, 0.6) is 0 Å². The van der Waals surface area contributed by atoms with Crippen molar-refractivity contribution in [2.24, 2.45) is 0 Å². The van der Waals surface area contributed by atoms with Gasteiger partial charge in [0, 0.05) is 24.5 Å². The number of benzene rings is 1. The van der Waals surface area contributed by atoms with Crippen molar-refractivity contribution in [3.63, 3.8) is 0 Å². The van der Waals surface area contributed by atoms with E-state index < -0.39 is 6.04 Å². The maximum Gasteiger partial charge on any atom is 0.256 e. The predicted octanol–water partition coefficient (Wildman–Crippen LogP) is 3.04. The van der Waals surface area contributed by atoms with Crippen LogP contribution in [-0.4, -0.2) is 46.0 Å². The van der Waals surface area contributed by atoms with Gasteiger partial charge in [-0.25, -0.2) is 0 Å². The fraction of sp³-hybridized carbons (Fsp3) is 0.444. The van der Waals surface area contributed by atoms with Crippen LogP contribution in [0, 0.1) is 6.92 Å². The van der Waals surface area contributed by atoms with Crippen LogP contribution in [0.3, 0.4) is 0 Å². The molecule has 2 aromatic rings. The zero-order valence-electron chi connectivity index (χ0n) is 14.9. The lowest BCUT2D eigenvalue weighted by atomic mass is 10.1. The highest BCUT2D eigenvalue weighted by molar-refractivity contribution is 6.35. The summed E-state index contributed by atoms with van der Waals surface area (Å²) >= 11 is 12.1. The van der Waals surface area contributed by atoms with Gasteiger partial charge in [-0.15, -0.1) is 0 Å². The molecule has 0 spiro atoms. The lowest BCUT2D eigenvalue weighted by Gasteiger charge is -2.24.